The molecule has 2 fully saturated rings. The van der Waals surface area contributed by atoms with Crippen molar-refractivity contribution in [2.24, 2.45) is 5.41 Å². The summed E-state index contributed by atoms with van der Waals surface area (Å²) in [5.74, 6) is -0.673. The van der Waals surface area contributed by atoms with Crippen molar-refractivity contribution in [1.82, 2.24) is 15.5 Å². The van der Waals surface area contributed by atoms with E-state index in [1.54, 1.807) is 4.90 Å². The minimum atomic E-state index is -0.528. The molecule has 6 nitrogen and oxygen atoms in total. The predicted molar refractivity (Wildman–Crippen MR) is 85.2 cm³/mol. The first-order valence-corrected chi connectivity index (χ1v) is 8.55. The summed E-state index contributed by atoms with van der Waals surface area (Å²) in [6.45, 7) is 2.59. The third-order valence-electron chi connectivity index (χ3n) is 5.97. The van der Waals surface area contributed by atoms with Crippen LogP contribution in [0.1, 0.15) is 39.9 Å². The number of amides is 3. The highest BCUT2D eigenvalue weighted by Gasteiger charge is 2.44. The van der Waals surface area contributed by atoms with E-state index in [-0.39, 0.29) is 17.7 Å². The van der Waals surface area contributed by atoms with Gasteiger partial charge in [-0.15, -0.1) is 0 Å². The summed E-state index contributed by atoms with van der Waals surface area (Å²) in [6, 6.07) is 3.69. The maximum absolute atomic E-state index is 12.8. The Morgan fingerprint density at radius 2 is 1.79 bits per heavy atom. The molecule has 1 aliphatic carbocycles. The zero-order valence-corrected chi connectivity index (χ0v) is 13.4. The van der Waals surface area contributed by atoms with Gasteiger partial charge in [0.25, 0.3) is 5.91 Å². The number of fused-ring (bicyclic) bond motifs is 2. The Hall–Kier alpha value is -2.21. The fraction of sp³-hybridized carbons (Fsp3) is 0.500. The van der Waals surface area contributed by atoms with Gasteiger partial charge in [0.2, 0.25) is 11.8 Å². The van der Waals surface area contributed by atoms with Crippen molar-refractivity contribution < 1.29 is 14.4 Å². The van der Waals surface area contributed by atoms with E-state index in [9.17, 15) is 14.4 Å². The third kappa shape index (κ3) is 1.89. The molecule has 3 aliphatic heterocycles. The van der Waals surface area contributed by atoms with Crippen molar-refractivity contribution in [3.05, 3.63) is 34.4 Å². The standard InChI is InChI=1S/C18H19N3O3/c22-15-2-1-14(16(23)20-15)21-7-12-3-10-5-18(8-19-9-18)6-11(10)4-13(12)17(21)24/h3-4,14,19H,1-2,5-9H2,(H,20,22,23)/t14-/m0/s1. The van der Waals surface area contributed by atoms with Crippen molar-refractivity contribution >= 4 is 17.7 Å². The molecular weight excluding hydrogens is 306 g/mol. The van der Waals surface area contributed by atoms with Gasteiger partial charge in [-0.25, -0.2) is 0 Å². The Kier molecular flexibility index (Phi) is 2.75. The van der Waals surface area contributed by atoms with Gasteiger partial charge in [-0.05, 0) is 42.0 Å². The van der Waals surface area contributed by atoms with Crippen LogP contribution in [0, 0.1) is 5.41 Å². The zero-order chi connectivity index (χ0) is 16.5. The average molecular weight is 325 g/mol. The van der Waals surface area contributed by atoms with Crippen LogP contribution in [0.4, 0.5) is 0 Å². The van der Waals surface area contributed by atoms with Crippen LogP contribution in [0.2, 0.25) is 0 Å². The summed E-state index contributed by atoms with van der Waals surface area (Å²) in [4.78, 5) is 37.9. The highest BCUT2D eigenvalue weighted by Crippen LogP contribution is 2.42. The summed E-state index contributed by atoms with van der Waals surface area (Å²) in [5.41, 5.74) is 4.77. The van der Waals surface area contributed by atoms with Gasteiger partial charge in [-0.1, -0.05) is 6.07 Å². The Bertz CT molecular complexity index is 797. The van der Waals surface area contributed by atoms with Crippen LogP contribution in [0.5, 0.6) is 0 Å². The molecule has 1 aromatic rings. The molecule has 3 amide bonds. The zero-order valence-electron chi connectivity index (χ0n) is 13.4. The van der Waals surface area contributed by atoms with Crippen molar-refractivity contribution in [2.75, 3.05) is 13.1 Å². The summed E-state index contributed by atoms with van der Waals surface area (Å²) in [5, 5.41) is 5.70. The van der Waals surface area contributed by atoms with Crippen LogP contribution in [-0.4, -0.2) is 41.8 Å². The fourth-order valence-electron chi connectivity index (χ4n) is 4.64. The van der Waals surface area contributed by atoms with Crippen LogP contribution < -0.4 is 10.6 Å². The first-order chi connectivity index (χ1) is 11.5. The van der Waals surface area contributed by atoms with Gasteiger partial charge < -0.3 is 10.2 Å². The van der Waals surface area contributed by atoms with Gasteiger partial charge in [-0.3, -0.25) is 19.7 Å². The molecule has 0 bridgehead atoms. The topological polar surface area (TPSA) is 78.5 Å². The molecule has 0 aromatic heterocycles. The molecule has 0 unspecified atom stereocenters. The van der Waals surface area contributed by atoms with E-state index in [4.69, 9.17) is 0 Å². The lowest BCUT2D eigenvalue weighted by Gasteiger charge is -2.39. The smallest absolute Gasteiger partial charge is 0.255 e. The molecule has 4 aliphatic rings. The van der Waals surface area contributed by atoms with Crippen molar-refractivity contribution in [3.8, 4) is 0 Å². The molecule has 3 heterocycles. The minimum absolute atomic E-state index is 0.0741. The maximum atomic E-state index is 12.8. The predicted octanol–water partition coefficient (Wildman–Crippen LogP) is 0.136. The Morgan fingerprint density at radius 3 is 2.46 bits per heavy atom. The number of rotatable bonds is 1. The molecule has 124 valence electrons. The number of piperidine rings is 1. The number of carbonyl (C=O) groups excluding carboxylic acids is 3. The first kappa shape index (κ1) is 14.2. The maximum Gasteiger partial charge on any atom is 0.255 e. The van der Waals surface area contributed by atoms with Gasteiger partial charge in [0, 0.05) is 37.0 Å². The van der Waals surface area contributed by atoms with Crippen LogP contribution in [0.25, 0.3) is 0 Å². The van der Waals surface area contributed by atoms with Gasteiger partial charge in [0.05, 0.1) is 0 Å². The minimum Gasteiger partial charge on any atom is -0.322 e. The molecule has 2 N–H and O–H groups in total. The molecule has 1 atom stereocenters. The molecule has 1 spiro atoms. The highest BCUT2D eigenvalue weighted by atomic mass is 16.2. The molecule has 24 heavy (non-hydrogen) atoms. The monoisotopic (exact) mass is 325 g/mol. The Labute approximate surface area is 139 Å². The van der Waals surface area contributed by atoms with Gasteiger partial charge >= 0.3 is 0 Å². The molecular formula is C18H19N3O3. The molecule has 5 rings (SSSR count). The number of carbonyl (C=O) groups is 3. The second-order valence-corrected chi connectivity index (χ2v) is 7.64. The van der Waals surface area contributed by atoms with E-state index < -0.39 is 6.04 Å². The van der Waals surface area contributed by atoms with E-state index in [0.29, 0.717) is 24.8 Å². The molecule has 1 aromatic carbocycles. The number of benzene rings is 1. The lowest BCUT2D eigenvalue weighted by Crippen LogP contribution is -2.54. The van der Waals surface area contributed by atoms with Crippen molar-refractivity contribution in [3.63, 3.8) is 0 Å². The van der Waals surface area contributed by atoms with E-state index in [2.05, 4.69) is 16.7 Å². The van der Waals surface area contributed by atoms with E-state index >= 15 is 0 Å². The summed E-state index contributed by atoms with van der Waals surface area (Å²) < 4.78 is 0. The number of hydrogen-bond acceptors (Lipinski definition) is 4. The lowest BCUT2D eigenvalue weighted by atomic mass is 9.79. The highest BCUT2D eigenvalue weighted by molar-refractivity contribution is 6.05. The Balaban J connectivity index is 1.43. The number of imide groups is 1. The summed E-state index contributed by atoms with van der Waals surface area (Å²) in [7, 11) is 0. The van der Waals surface area contributed by atoms with E-state index in [0.717, 1.165) is 37.1 Å². The van der Waals surface area contributed by atoms with E-state index in [1.807, 2.05) is 6.07 Å². The number of hydrogen-bond donors (Lipinski definition) is 2. The van der Waals surface area contributed by atoms with Crippen LogP contribution in [0.15, 0.2) is 12.1 Å². The van der Waals surface area contributed by atoms with E-state index in [1.165, 1.54) is 11.1 Å². The van der Waals surface area contributed by atoms with Crippen LogP contribution in [0.3, 0.4) is 0 Å². The van der Waals surface area contributed by atoms with Gasteiger partial charge in [0.1, 0.15) is 6.04 Å². The van der Waals surface area contributed by atoms with Crippen molar-refractivity contribution in [2.45, 2.75) is 38.3 Å². The lowest BCUT2D eigenvalue weighted by molar-refractivity contribution is -0.136. The summed E-state index contributed by atoms with van der Waals surface area (Å²) >= 11 is 0. The molecule has 6 heteroatoms. The Morgan fingerprint density at radius 1 is 1.04 bits per heavy atom. The normalized spacial score (nSPS) is 27.1. The second kappa shape index (κ2) is 4.66. The average Bonchev–Trinajstić information content (AvgIpc) is 3.04. The quantitative estimate of drug-likeness (QED) is 0.720. The first-order valence-electron chi connectivity index (χ1n) is 8.55. The summed E-state index contributed by atoms with van der Waals surface area (Å²) in [6.07, 6.45) is 2.82. The fourth-order valence-corrected chi connectivity index (χ4v) is 4.64. The largest absolute Gasteiger partial charge is 0.322 e. The second-order valence-electron chi connectivity index (χ2n) is 7.64. The molecule has 0 radical (unpaired) electrons. The third-order valence-corrected chi connectivity index (χ3v) is 5.97. The van der Waals surface area contributed by atoms with Crippen molar-refractivity contribution in [1.29, 1.82) is 0 Å². The number of nitrogens with zero attached hydrogens (tertiary/aromatic N) is 1. The molecule has 0 saturated carbocycles. The molecule has 2 saturated heterocycles. The van der Waals surface area contributed by atoms with Gasteiger partial charge in [0.15, 0.2) is 0 Å². The van der Waals surface area contributed by atoms with Gasteiger partial charge in [-0.2, -0.15) is 0 Å². The van der Waals surface area contributed by atoms with Crippen LogP contribution in [-0.2, 0) is 29.0 Å². The SMILES string of the molecule is O=C1CC[C@H](N2Cc3cc4c(cc3C2=O)CC2(CNC2)C4)C(=O)N1. The number of nitrogens with one attached hydrogen (secondary N) is 2. The van der Waals surface area contributed by atoms with Crippen LogP contribution >= 0.6 is 0 Å².